The molecule has 184 valence electrons. The Morgan fingerprint density at radius 2 is 1.97 bits per heavy atom. The van der Waals surface area contributed by atoms with Gasteiger partial charge in [-0.1, -0.05) is 0 Å². The molecule has 0 spiro atoms. The summed E-state index contributed by atoms with van der Waals surface area (Å²) in [5.41, 5.74) is 0.216. The van der Waals surface area contributed by atoms with E-state index in [9.17, 15) is 30.4 Å². The molecule has 3 aromatic rings. The smallest absolute Gasteiger partial charge is 0.360 e. The highest BCUT2D eigenvalue weighted by Gasteiger charge is 2.46. The SMILES string of the molecule is CS(=O)(=O)NC[C@H]1CN(c2cc(-c3cnc4ccc(C(F)F)nn34)ncn2)C[C@H](C(F)(F)F)O1. The van der Waals surface area contributed by atoms with Crippen molar-refractivity contribution in [2.45, 2.75) is 24.8 Å². The number of aromatic nitrogens is 5. The number of nitrogens with one attached hydrogen (secondary N) is 1. The van der Waals surface area contributed by atoms with Crippen molar-refractivity contribution in [1.29, 1.82) is 0 Å². The van der Waals surface area contributed by atoms with Crippen molar-refractivity contribution >= 4 is 21.5 Å². The average molecular weight is 507 g/mol. The summed E-state index contributed by atoms with van der Waals surface area (Å²) in [5.74, 6) is 0.104. The highest BCUT2D eigenvalue weighted by molar-refractivity contribution is 7.88. The van der Waals surface area contributed by atoms with Gasteiger partial charge in [0.05, 0.1) is 30.8 Å². The summed E-state index contributed by atoms with van der Waals surface area (Å²) < 4.78 is 97.6. The first-order valence-corrected chi connectivity index (χ1v) is 11.7. The molecular weight excluding hydrogens is 489 g/mol. The molecule has 4 heterocycles. The van der Waals surface area contributed by atoms with Crippen LogP contribution in [0.1, 0.15) is 12.1 Å². The molecule has 0 aromatic carbocycles. The minimum atomic E-state index is -4.70. The number of fused-ring (bicyclic) bond motifs is 1. The zero-order chi connectivity index (χ0) is 24.7. The standard InChI is InChI=1S/C18H18F5N7O3S/c1-34(31,32)27-5-10-7-29(8-14(33-10)18(21,22)23)16-4-12(25-9-26-16)13-6-24-15-3-2-11(17(19)20)28-30(13)15/h2-4,6,9-10,14,17,27H,5,7-8H2,1H3/t10-,14+/m0/s1. The number of imidazole rings is 1. The van der Waals surface area contributed by atoms with E-state index in [1.54, 1.807) is 0 Å². The van der Waals surface area contributed by atoms with Gasteiger partial charge in [-0.3, -0.25) is 0 Å². The Bertz CT molecular complexity index is 1280. The molecule has 1 aliphatic heterocycles. The monoisotopic (exact) mass is 507 g/mol. The molecule has 1 N–H and O–H groups in total. The van der Waals surface area contributed by atoms with E-state index in [1.807, 2.05) is 0 Å². The fourth-order valence-corrected chi connectivity index (χ4v) is 3.89. The predicted octanol–water partition coefficient (Wildman–Crippen LogP) is 1.81. The van der Waals surface area contributed by atoms with Crippen LogP contribution in [0.3, 0.4) is 0 Å². The molecular formula is C18H18F5N7O3S. The first-order chi connectivity index (χ1) is 15.9. The van der Waals surface area contributed by atoms with Gasteiger partial charge in [-0.2, -0.15) is 18.3 Å². The van der Waals surface area contributed by atoms with Crippen LogP contribution in [0.2, 0.25) is 0 Å². The fourth-order valence-electron chi connectivity index (χ4n) is 3.40. The van der Waals surface area contributed by atoms with E-state index in [2.05, 4.69) is 24.8 Å². The molecule has 0 saturated carbocycles. The molecule has 16 heteroatoms. The number of rotatable bonds is 6. The van der Waals surface area contributed by atoms with Gasteiger partial charge in [-0.05, 0) is 12.1 Å². The molecule has 1 aliphatic rings. The van der Waals surface area contributed by atoms with Gasteiger partial charge in [0.1, 0.15) is 23.5 Å². The first-order valence-electron chi connectivity index (χ1n) is 9.78. The summed E-state index contributed by atoms with van der Waals surface area (Å²) >= 11 is 0. The van der Waals surface area contributed by atoms with Crippen molar-refractivity contribution in [3.8, 4) is 11.4 Å². The highest BCUT2D eigenvalue weighted by atomic mass is 32.2. The highest BCUT2D eigenvalue weighted by Crippen LogP contribution is 2.30. The van der Waals surface area contributed by atoms with Crippen molar-refractivity contribution < 1.29 is 35.1 Å². The lowest BCUT2D eigenvalue weighted by molar-refractivity contribution is -0.234. The van der Waals surface area contributed by atoms with Gasteiger partial charge in [-0.15, -0.1) is 0 Å². The van der Waals surface area contributed by atoms with Crippen LogP contribution in [-0.2, 0) is 14.8 Å². The number of alkyl halides is 5. The van der Waals surface area contributed by atoms with Crippen molar-refractivity contribution in [1.82, 2.24) is 29.3 Å². The van der Waals surface area contributed by atoms with E-state index in [4.69, 9.17) is 4.74 Å². The van der Waals surface area contributed by atoms with Crippen LogP contribution >= 0.6 is 0 Å². The van der Waals surface area contributed by atoms with Gasteiger partial charge in [0.15, 0.2) is 11.8 Å². The van der Waals surface area contributed by atoms with E-state index in [-0.39, 0.29) is 35.9 Å². The third-order valence-electron chi connectivity index (χ3n) is 4.95. The molecule has 0 radical (unpaired) electrons. The Kier molecular flexibility index (Phi) is 6.39. The van der Waals surface area contributed by atoms with Crippen molar-refractivity contribution in [2.75, 3.05) is 30.8 Å². The van der Waals surface area contributed by atoms with Gasteiger partial charge in [0.25, 0.3) is 6.43 Å². The molecule has 1 saturated heterocycles. The largest absolute Gasteiger partial charge is 0.416 e. The minimum absolute atomic E-state index is 0.0908. The van der Waals surface area contributed by atoms with E-state index < -0.39 is 47.1 Å². The summed E-state index contributed by atoms with van der Waals surface area (Å²) in [6.07, 6.45) is -7.46. The Hall–Kier alpha value is -2.98. The maximum absolute atomic E-state index is 13.5. The van der Waals surface area contributed by atoms with E-state index in [1.165, 1.54) is 23.2 Å². The number of sulfonamides is 1. The predicted molar refractivity (Wildman–Crippen MR) is 109 cm³/mol. The summed E-state index contributed by atoms with van der Waals surface area (Å²) in [4.78, 5) is 13.5. The van der Waals surface area contributed by atoms with Crippen LogP contribution < -0.4 is 9.62 Å². The molecule has 3 aromatic heterocycles. The van der Waals surface area contributed by atoms with Crippen LogP contribution in [0.4, 0.5) is 27.8 Å². The number of hydrogen-bond acceptors (Lipinski definition) is 8. The number of hydrogen-bond donors (Lipinski definition) is 1. The topological polar surface area (TPSA) is 115 Å². The zero-order valence-corrected chi connectivity index (χ0v) is 18.3. The van der Waals surface area contributed by atoms with E-state index in [0.29, 0.717) is 0 Å². The second-order valence-electron chi connectivity index (χ2n) is 7.55. The van der Waals surface area contributed by atoms with Gasteiger partial charge in [0, 0.05) is 19.2 Å². The molecule has 0 aliphatic carbocycles. The van der Waals surface area contributed by atoms with E-state index in [0.717, 1.165) is 23.2 Å². The van der Waals surface area contributed by atoms with Gasteiger partial charge in [0.2, 0.25) is 10.0 Å². The van der Waals surface area contributed by atoms with Crippen LogP contribution in [0, 0.1) is 0 Å². The van der Waals surface area contributed by atoms with Crippen molar-refractivity contribution in [3.63, 3.8) is 0 Å². The minimum Gasteiger partial charge on any atom is -0.360 e. The Labute approximate surface area is 189 Å². The molecule has 34 heavy (non-hydrogen) atoms. The molecule has 0 unspecified atom stereocenters. The summed E-state index contributed by atoms with van der Waals surface area (Å²) in [6.45, 7) is -1.05. The molecule has 2 atom stereocenters. The normalized spacial score (nSPS) is 19.8. The lowest BCUT2D eigenvalue weighted by Crippen LogP contribution is -2.56. The number of halogens is 5. The Morgan fingerprint density at radius 1 is 1.21 bits per heavy atom. The van der Waals surface area contributed by atoms with Crippen molar-refractivity contribution in [3.05, 3.63) is 36.4 Å². The second kappa shape index (κ2) is 8.99. The molecule has 10 nitrogen and oxygen atoms in total. The summed E-state index contributed by atoms with van der Waals surface area (Å²) in [5, 5.41) is 3.85. The van der Waals surface area contributed by atoms with E-state index >= 15 is 0 Å². The number of anilines is 1. The third kappa shape index (κ3) is 5.39. The maximum atomic E-state index is 13.5. The first kappa shape index (κ1) is 24.2. The third-order valence-corrected chi connectivity index (χ3v) is 5.64. The van der Waals surface area contributed by atoms with Crippen LogP contribution in [0.15, 0.2) is 30.7 Å². The fraction of sp³-hybridized carbons (Fsp3) is 0.444. The van der Waals surface area contributed by atoms with Crippen molar-refractivity contribution in [2.24, 2.45) is 0 Å². The Balaban J connectivity index is 1.65. The molecule has 0 amide bonds. The average Bonchev–Trinajstić information content (AvgIpc) is 3.20. The Morgan fingerprint density at radius 3 is 2.65 bits per heavy atom. The lowest BCUT2D eigenvalue weighted by atomic mass is 10.2. The second-order valence-corrected chi connectivity index (χ2v) is 9.38. The maximum Gasteiger partial charge on any atom is 0.416 e. The van der Waals surface area contributed by atoms with Crippen LogP contribution in [-0.4, -0.2) is 77.3 Å². The summed E-state index contributed by atoms with van der Waals surface area (Å²) in [6, 6.07) is 3.87. The molecule has 1 fully saturated rings. The summed E-state index contributed by atoms with van der Waals surface area (Å²) in [7, 11) is -3.65. The van der Waals surface area contributed by atoms with Gasteiger partial charge < -0.3 is 9.64 Å². The van der Waals surface area contributed by atoms with Crippen LogP contribution in [0.25, 0.3) is 17.0 Å². The van der Waals surface area contributed by atoms with Crippen LogP contribution in [0.5, 0.6) is 0 Å². The van der Waals surface area contributed by atoms with Gasteiger partial charge in [-0.25, -0.2) is 41.4 Å². The number of morpholine rings is 1. The van der Waals surface area contributed by atoms with Gasteiger partial charge >= 0.3 is 6.18 Å². The molecule has 4 rings (SSSR count). The quantitative estimate of drug-likeness (QED) is 0.503. The zero-order valence-electron chi connectivity index (χ0n) is 17.4. The number of nitrogens with zero attached hydrogens (tertiary/aromatic N) is 6. The lowest BCUT2D eigenvalue weighted by Gasteiger charge is -2.39. The number of ether oxygens (including phenoxy) is 1. The molecule has 0 bridgehead atoms.